The van der Waals surface area contributed by atoms with E-state index in [9.17, 15) is 23.2 Å². The van der Waals surface area contributed by atoms with E-state index in [0.29, 0.717) is 47.5 Å². The second kappa shape index (κ2) is 11.8. The number of halogens is 3. The van der Waals surface area contributed by atoms with Crippen molar-refractivity contribution >= 4 is 56.8 Å². The van der Waals surface area contributed by atoms with Crippen LogP contribution in [-0.4, -0.2) is 86.1 Å². The van der Waals surface area contributed by atoms with Gasteiger partial charge in [0.25, 0.3) is 5.91 Å². The Hall–Kier alpha value is -1.34. The predicted molar refractivity (Wildman–Crippen MR) is 138 cm³/mol. The molecule has 2 amide bonds. The average molecular weight is 599 g/mol. The summed E-state index contributed by atoms with van der Waals surface area (Å²) in [4.78, 5) is 26.7. The van der Waals surface area contributed by atoms with Crippen molar-refractivity contribution in [2.75, 3.05) is 45.1 Å². The largest absolute Gasteiger partial charge is 0.444 e. The van der Waals surface area contributed by atoms with Crippen LogP contribution in [0.5, 0.6) is 0 Å². The van der Waals surface area contributed by atoms with Crippen molar-refractivity contribution in [1.82, 2.24) is 14.7 Å². The molecule has 0 radical (unpaired) electrons. The minimum Gasteiger partial charge on any atom is -0.444 e. The van der Waals surface area contributed by atoms with Crippen LogP contribution in [-0.2, 0) is 24.3 Å². The first-order valence-electron chi connectivity index (χ1n) is 12.1. The molecule has 0 bridgehead atoms. The zero-order valence-electron chi connectivity index (χ0n) is 20.1. The summed E-state index contributed by atoms with van der Waals surface area (Å²) in [7, 11) is -3.86. The lowest BCUT2D eigenvalue weighted by Crippen LogP contribution is -2.55. The van der Waals surface area contributed by atoms with Crippen LogP contribution in [0.2, 0.25) is 15.1 Å². The first-order chi connectivity index (χ1) is 17.5. The molecule has 2 N–H and O–H groups in total. The Morgan fingerprint density at radius 1 is 1.08 bits per heavy atom. The SMILES string of the molecule is O=C(OC1CCOC1)N1CCC(CS(=O)(=O)N2CCC(c3c(Cl)cc(Cl)cc3Cl)CC2)(C(=O)NO)CC1. The molecule has 4 rings (SSSR count). The number of nitrogens with one attached hydrogen (secondary N) is 1. The number of carbonyl (C=O) groups is 2. The van der Waals surface area contributed by atoms with Gasteiger partial charge in [0, 0.05) is 47.7 Å². The Morgan fingerprint density at radius 2 is 1.70 bits per heavy atom. The van der Waals surface area contributed by atoms with Crippen molar-refractivity contribution in [2.45, 2.75) is 44.1 Å². The van der Waals surface area contributed by atoms with Crippen LogP contribution in [0.3, 0.4) is 0 Å². The fraction of sp³-hybridized carbons (Fsp3) is 0.652. The van der Waals surface area contributed by atoms with Crippen LogP contribution in [0.1, 0.15) is 43.6 Å². The molecule has 14 heteroatoms. The summed E-state index contributed by atoms with van der Waals surface area (Å²) in [6.45, 7) is 1.62. The van der Waals surface area contributed by atoms with Gasteiger partial charge in [-0.3, -0.25) is 10.0 Å². The molecule has 3 saturated heterocycles. The third kappa shape index (κ3) is 6.46. The smallest absolute Gasteiger partial charge is 0.410 e. The number of benzene rings is 1. The molecule has 1 aromatic rings. The first kappa shape index (κ1) is 28.7. The number of hydrogen-bond acceptors (Lipinski definition) is 7. The van der Waals surface area contributed by atoms with E-state index in [2.05, 4.69) is 0 Å². The molecule has 206 valence electrons. The first-order valence-corrected chi connectivity index (χ1v) is 14.9. The molecular weight excluding hydrogens is 569 g/mol. The molecule has 3 aliphatic rings. The lowest BCUT2D eigenvalue weighted by molar-refractivity contribution is -0.141. The van der Waals surface area contributed by atoms with E-state index in [4.69, 9.17) is 44.3 Å². The van der Waals surface area contributed by atoms with Crippen LogP contribution in [0, 0.1) is 5.41 Å². The van der Waals surface area contributed by atoms with Gasteiger partial charge in [0.05, 0.1) is 24.4 Å². The normalized spacial score (nSPS) is 23.1. The fourth-order valence-electron chi connectivity index (χ4n) is 5.30. The summed E-state index contributed by atoms with van der Waals surface area (Å²) in [5.41, 5.74) is 1.02. The van der Waals surface area contributed by atoms with Gasteiger partial charge in [-0.25, -0.2) is 23.0 Å². The van der Waals surface area contributed by atoms with E-state index in [-0.39, 0.29) is 51.0 Å². The summed E-state index contributed by atoms with van der Waals surface area (Å²) in [5.74, 6) is -1.28. The van der Waals surface area contributed by atoms with Gasteiger partial charge < -0.3 is 14.4 Å². The van der Waals surface area contributed by atoms with E-state index in [0.717, 1.165) is 5.56 Å². The van der Waals surface area contributed by atoms with Crippen molar-refractivity contribution in [3.8, 4) is 0 Å². The third-order valence-electron chi connectivity index (χ3n) is 7.48. The van der Waals surface area contributed by atoms with Crippen LogP contribution < -0.4 is 5.48 Å². The number of ether oxygens (including phenoxy) is 2. The summed E-state index contributed by atoms with van der Waals surface area (Å²) in [5, 5.41) is 10.7. The molecule has 10 nitrogen and oxygen atoms in total. The van der Waals surface area contributed by atoms with E-state index < -0.39 is 33.2 Å². The van der Waals surface area contributed by atoms with Gasteiger partial charge in [-0.1, -0.05) is 34.8 Å². The molecule has 1 atom stereocenters. The molecular formula is C23H30Cl3N3O7S. The molecule has 0 aromatic heterocycles. The van der Waals surface area contributed by atoms with Gasteiger partial charge in [-0.2, -0.15) is 0 Å². The van der Waals surface area contributed by atoms with Crippen LogP contribution >= 0.6 is 34.8 Å². The fourth-order valence-corrected chi connectivity index (χ4v) is 8.50. The molecule has 1 aromatic carbocycles. The maximum absolute atomic E-state index is 13.4. The van der Waals surface area contributed by atoms with Gasteiger partial charge in [0.1, 0.15) is 6.10 Å². The molecule has 3 heterocycles. The topological polar surface area (TPSA) is 125 Å². The van der Waals surface area contributed by atoms with Crippen LogP contribution in [0.15, 0.2) is 12.1 Å². The molecule has 0 aliphatic carbocycles. The monoisotopic (exact) mass is 597 g/mol. The summed E-state index contributed by atoms with van der Waals surface area (Å²) >= 11 is 18.7. The number of rotatable bonds is 6. The highest BCUT2D eigenvalue weighted by molar-refractivity contribution is 7.89. The molecule has 0 spiro atoms. The number of sulfonamides is 1. The van der Waals surface area contributed by atoms with E-state index in [1.165, 1.54) is 9.21 Å². The van der Waals surface area contributed by atoms with E-state index >= 15 is 0 Å². The zero-order valence-corrected chi connectivity index (χ0v) is 23.2. The lowest BCUT2D eigenvalue weighted by atomic mass is 9.79. The highest BCUT2D eigenvalue weighted by Crippen LogP contribution is 2.41. The van der Waals surface area contributed by atoms with Crippen molar-refractivity contribution in [2.24, 2.45) is 5.41 Å². The Balaban J connectivity index is 1.39. The third-order valence-corrected chi connectivity index (χ3v) is 10.4. The van der Waals surface area contributed by atoms with E-state index in [1.807, 2.05) is 0 Å². The molecule has 37 heavy (non-hydrogen) atoms. The van der Waals surface area contributed by atoms with Crippen molar-refractivity contribution < 1.29 is 32.7 Å². The predicted octanol–water partition coefficient (Wildman–Crippen LogP) is 3.67. The number of hydroxylamine groups is 1. The van der Waals surface area contributed by atoms with Crippen LogP contribution in [0.25, 0.3) is 0 Å². The Morgan fingerprint density at radius 3 is 2.24 bits per heavy atom. The van der Waals surface area contributed by atoms with E-state index in [1.54, 1.807) is 17.6 Å². The second-order valence-electron chi connectivity index (χ2n) is 9.79. The Bertz CT molecular complexity index is 1090. The number of hydrogen-bond donors (Lipinski definition) is 2. The minimum absolute atomic E-state index is 0.0297. The second-order valence-corrected chi connectivity index (χ2v) is 13.0. The van der Waals surface area contributed by atoms with Gasteiger partial charge in [0.15, 0.2) is 0 Å². The Labute approximate surface area is 231 Å². The highest BCUT2D eigenvalue weighted by atomic mass is 35.5. The summed E-state index contributed by atoms with van der Waals surface area (Å²) < 4.78 is 38.9. The molecule has 1 unspecified atom stereocenters. The number of carbonyl (C=O) groups excluding carboxylic acids is 2. The standard InChI is InChI=1S/C23H30Cl3N3O7S/c24-16-11-18(25)20(19(26)12-16)15-1-6-29(7-2-15)37(33,34)14-23(21(30)27-32)4-8-28(9-5-23)22(31)36-17-3-10-35-13-17/h11-12,15,17,32H,1-10,13-14H2,(H,27,30). The Kier molecular flexibility index (Phi) is 9.15. The van der Waals surface area contributed by atoms with Gasteiger partial charge in [-0.05, 0) is 49.3 Å². The average Bonchev–Trinajstić information content (AvgIpc) is 3.36. The van der Waals surface area contributed by atoms with Gasteiger partial charge >= 0.3 is 6.09 Å². The molecule has 3 aliphatic heterocycles. The maximum Gasteiger partial charge on any atom is 0.410 e. The van der Waals surface area contributed by atoms with Gasteiger partial charge in [0.2, 0.25) is 10.0 Å². The zero-order chi connectivity index (χ0) is 26.8. The number of nitrogens with zero attached hydrogens (tertiary/aromatic N) is 2. The number of likely N-dealkylation sites (tertiary alicyclic amines) is 1. The van der Waals surface area contributed by atoms with Crippen molar-refractivity contribution in [3.63, 3.8) is 0 Å². The molecule has 3 fully saturated rings. The summed E-state index contributed by atoms with van der Waals surface area (Å²) in [6, 6.07) is 3.24. The quantitative estimate of drug-likeness (QED) is 0.378. The maximum atomic E-state index is 13.4. The van der Waals surface area contributed by atoms with Crippen molar-refractivity contribution in [1.29, 1.82) is 0 Å². The number of amides is 2. The number of piperidine rings is 2. The summed E-state index contributed by atoms with van der Waals surface area (Å²) in [6.07, 6.45) is 0.956. The molecule has 0 saturated carbocycles. The van der Waals surface area contributed by atoms with Crippen molar-refractivity contribution in [3.05, 3.63) is 32.8 Å². The lowest BCUT2D eigenvalue weighted by Gasteiger charge is -2.41. The van der Waals surface area contributed by atoms with Crippen LogP contribution in [0.4, 0.5) is 4.79 Å². The minimum atomic E-state index is -3.86. The van der Waals surface area contributed by atoms with Gasteiger partial charge in [-0.15, -0.1) is 0 Å². The highest BCUT2D eigenvalue weighted by Gasteiger charge is 2.47.